The van der Waals surface area contributed by atoms with Gasteiger partial charge in [-0.25, -0.2) is 0 Å². The van der Waals surface area contributed by atoms with Crippen LogP contribution in [0.1, 0.15) is 28.9 Å². The van der Waals surface area contributed by atoms with Crippen molar-refractivity contribution in [1.29, 1.82) is 0 Å². The molecular formula is C24H24ClN3O3. The molecule has 3 N–H and O–H groups in total. The van der Waals surface area contributed by atoms with Gasteiger partial charge in [0.2, 0.25) is 5.91 Å². The first-order valence-electron chi connectivity index (χ1n) is 9.79. The normalized spacial score (nSPS) is 11.3. The Kier molecular flexibility index (Phi) is 7.51. The predicted molar refractivity (Wildman–Crippen MR) is 124 cm³/mol. The molecule has 0 radical (unpaired) electrons. The highest BCUT2D eigenvalue weighted by Crippen LogP contribution is 2.27. The maximum absolute atomic E-state index is 12.6. The minimum Gasteiger partial charge on any atom is -0.495 e. The van der Waals surface area contributed by atoms with E-state index in [0.717, 1.165) is 5.56 Å². The van der Waals surface area contributed by atoms with Crippen LogP contribution in [-0.2, 0) is 4.79 Å². The molecule has 1 unspecified atom stereocenters. The minimum atomic E-state index is -0.242. The number of carbonyl (C=O) groups excluding carboxylic acids is 2. The molecule has 3 rings (SSSR count). The molecule has 1 atom stereocenters. The number of methoxy groups -OCH3 is 1. The Morgan fingerprint density at radius 1 is 0.968 bits per heavy atom. The molecule has 2 amide bonds. The number of nitrogens with one attached hydrogen (secondary N) is 3. The summed E-state index contributed by atoms with van der Waals surface area (Å²) in [6.45, 7) is 1.97. The summed E-state index contributed by atoms with van der Waals surface area (Å²) in [4.78, 5) is 24.8. The molecule has 0 bridgehead atoms. The summed E-state index contributed by atoms with van der Waals surface area (Å²) in [5.41, 5.74) is 2.78. The second kappa shape index (κ2) is 10.5. The first-order chi connectivity index (χ1) is 15.0. The Labute approximate surface area is 186 Å². The Morgan fingerprint density at radius 2 is 1.74 bits per heavy atom. The summed E-state index contributed by atoms with van der Waals surface area (Å²) in [6, 6.07) is 21.7. The molecule has 0 spiro atoms. The Balaban J connectivity index is 1.55. The lowest BCUT2D eigenvalue weighted by Gasteiger charge is -2.15. The molecule has 0 saturated heterocycles. The summed E-state index contributed by atoms with van der Waals surface area (Å²) in [5.74, 6) is 0.112. The number of carbonyl (C=O) groups is 2. The molecule has 0 aromatic heterocycles. The number of ether oxygens (including phenoxy) is 1. The lowest BCUT2D eigenvalue weighted by Crippen LogP contribution is -2.26. The van der Waals surface area contributed by atoms with E-state index in [1.165, 1.54) is 7.11 Å². The smallest absolute Gasteiger partial charge is 0.251 e. The standard InChI is InChI=1S/C24H24ClN3O3/c1-16(17-7-4-3-5-8-17)27-24(30)18-9-6-10-19(13-18)26-15-23(29)28-20-11-12-22(31-2)21(25)14-20/h3-14,16,26H,15H2,1-2H3,(H,27,30)(H,28,29). The fourth-order valence-electron chi connectivity index (χ4n) is 3.01. The lowest BCUT2D eigenvalue weighted by atomic mass is 10.1. The minimum absolute atomic E-state index is 0.0368. The van der Waals surface area contributed by atoms with Gasteiger partial charge in [0.1, 0.15) is 5.75 Å². The molecule has 3 aromatic rings. The van der Waals surface area contributed by atoms with E-state index in [-0.39, 0.29) is 24.4 Å². The molecule has 0 fully saturated rings. The maximum Gasteiger partial charge on any atom is 0.251 e. The van der Waals surface area contributed by atoms with E-state index in [4.69, 9.17) is 16.3 Å². The first-order valence-corrected chi connectivity index (χ1v) is 10.2. The molecule has 7 heteroatoms. The molecule has 0 heterocycles. The average Bonchev–Trinajstić information content (AvgIpc) is 2.78. The number of hydrogen-bond donors (Lipinski definition) is 3. The van der Waals surface area contributed by atoms with Crippen molar-refractivity contribution < 1.29 is 14.3 Å². The SMILES string of the molecule is COc1ccc(NC(=O)CNc2cccc(C(=O)NC(C)c3ccccc3)c2)cc1Cl. The predicted octanol–water partition coefficient (Wildman–Crippen LogP) is 4.89. The first kappa shape index (κ1) is 22.2. The van der Waals surface area contributed by atoms with Gasteiger partial charge in [-0.3, -0.25) is 9.59 Å². The van der Waals surface area contributed by atoms with Crippen molar-refractivity contribution in [2.45, 2.75) is 13.0 Å². The molecule has 3 aromatic carbocycles. The Morgan fingerprint density at radius 3 is 2.45 bits per heavy atom. The number of amides is 2. The summed E-state index contributed by atoms with van der Waals surface area (Å²) in [6.07, 6.45) is 0. The van der Waals surface area contributed by atoms with Gasteiger partial charge >= 0.3 is 0 Å². The van der Waals surface area contributed by atoms with Gasteiger partial charge in [-0.05, 0) is 48.9 Å². The van der Waals surface area contributed by atoms with Gasteiger partial charge in [0.25, 0.3) is 5.91 Å². The number of benzene rings is 3. The molecule has 31 heavy (non-hydrogen) atoms. The quantitative estimate of drug-likeness (QED) is 0.468. The summed E-state index contributed by atoms with van der Waals surface area (Å²) in [5, 5.41) is 9.19. The number of hydrogen-bond acceptors (Lipinski definition) is 4. The van der Waals surface area contributed by atoms with Gasteiger partial charge in [0, 0.05) is 16.9 Å². The van der Waals surface area contributed by atoms with E-state index in [1.54, 1.807) is 42.5 Å². The van der Waals surface area contributed by atoms with Crippen LogP contribution in [0.5, 0.6) is 5.75 Å². The van der Waals surface area contributed by atoms with E-state index in [2.05, 4.69) is 16.0 Å². The van der Waals surface area contributed by atoms with Gasteiger partial charge in [-0.15, -0.1) is 0 Å². The van der Waals surface area contributed by atoms with Crippen LogP contribution in [0.2, 0.25) is 5.02 Å². The van der Waals surface area contributed by atoms with E-state index < -0.39 is 0 Å². The van der Waals surface area contributed by atoms with Crippen molar-refractivity contribution in [3.05, 3.63) is 88.9 Å². The highest BCUT2D eigenvalue weighted by atomic mass is 35.5. The zero-order valence-corrected chi connectivity index (χ0v) is 18.1. The third kappa shape index (κ3) is 6.23. The van der Waals surface area contributed by atoms with Crippen molar-refractivity contribution >= 4 is 34.8 Å². The fraction of sp³-hybridized carbons (Fsp3) is 0.167. The van der Waals surface area contributed by atoms with Crippen molar-refractivity contribution in [3.8, 4) is 5.75 Å². The van der Waals surface area contributed by atoms with E-state index in [1.807, 2.05) is 37.3 Å². The summed E-state index contributed by atoms with van der Waals surface area (Å²) in [7, 11) is 1.53. The fourth-order valence-corrected chi connectivity index (χ4v) is 3.26. The average molecular weight is 438 g/mol. The van der Waals surface area contributed by atoms with Crippen LogP contribution in [0.3, 0.4) is 0 Å². The van der Waals surface area contributed by atoms with Crippen LogP contribution in [0.25, 0.3) is 0 Å². The molecule has 0 aliphatic rings. The van der Waals surface area contributed by atoms with Crippen LogP contribution in [0.4, 0.5) is 11.4 Å². The maximum atomic E-state index is 12.6. The molecule has 0 aliphatic heterocycles. The van der Waals surface area contributed by atoms with Crippen LogP contribution in [0.15, 0.2) is 72.8 Å². The van der Waals surface area contributed by atoms with Crippen LogP contribution < -0.4 is 20.7 Å². The van der Waals surface area contributed by atoms with Crippen molar-refractivity contribution in [1.82, 2.24) is 5.32 Å². The van der Waals surface area contributed by atoms with Crippen molar-refractivity contribution in [2.24, 2.45) is 0 Å². The van der Waals surface area contributed by atoms with Gasteiger partial charge < -0.3 is 20.7 Å². The van der Waals surface area contributed by atoms with Gasteiger partial charge in [-0.2, -0.15) is 0 Å². The zero-order chi connectivity index (χ0) is 22.2. The zero-order valence-electron chi connectivity index (χ0n) is 17.3. The second-order valence-corrected chi connectivity index (χ2v) is 7.34. The summed E-state index contributed by atoms with van der Waals surface area (Å²) >= 11 is 6.08. The van der Waals surface area contributed by atoms with Gasteiger partial charge in [0.15, 0.2) is 0 Å². The van der Waals surface area contributed by atoms with Crippen molar-refractivity contribution in [3.63, 3.8) is 0 Å². The molecule has 0 aliphatic carbocycles. The largest absolute Gasteiger partial charge is 0.495 e. The number of anilines is 2. The Bertz CT molecular complexity index is 1060. The Hall–Kier alpha value is -3.51. The summed E-state index contributed by atoms with van der Waals surface area (Å²) < 4.78 is 5.10. The molecule has 0 saturated carbocycles. The number of halogens is 1. The van der Waals surface area contributed by atoms with Gasteiger partial charge in [-0.1, -0.05) is 48.0 Å². The lowest BCUT2D eigenvalue weighted by molar-refractivity contribution is -0.114. The molecule has 160 valence electrons. The third-order valence-corrected chi connectivity index (χ3v) is 4.96. The number of rotatable bonds is 8. The van der Waals surface area contributed by atoms with Crippen LogP contribution >= 0.6 is 11.6 Å². The van der Waals surface area contributed by atoms with Crippen LogP contribution in [-0.4, -0.2) is 25.5 Å². The topological polar surface area (TPSA) is 79.5 Å². The monoisotopic (exact) mass is 437 g/mol. The van der Waals surface area contributed by atoms with Crippen molar-refractivity contribution in [2.75, 3.05) is 24.3 Å². The van der Waals surface area contributed by atoms with E-state index in [9.17, 15) is 9.59 Å². The highest BCUT2D eigenvalue weighted by Gasteiger charge is 2.12. The molecule has 6 nitrogen and oxygen atoms in total. The van der Waals surface area contributed by atoms with E-state index >= 15 is 0 Å². The van der Waals surface area contributed by atoms with E-state index in [0.29, 0.717) is 27.7 Å². The highest BCUT2D eigenvalue weighted by molar-refractivity contribution is 6.32. The van der Waals surface area contributed by atoms with Gasteiger partial charge in [0.05, 0.1) is 24.7 Å². The van der Waals surface area contributed by atoms with Crippen LogP contribution in [0, 0.1) is 0 Å². The molecular weight excluding hydrogens is 414 g/mol. The third-order valence-electron chi connectivity index (χ3n) is 4.66. The second-order valence-electron chi connectivity index (χ2n) is 6.94.